The fourth-order valence-corrected chi connectivity index (χ4v) is 3.29. The minimum atomic E-state index is 0.350. The van der Waals surface area contributed by atoms with Crippen molar-refractivity contribution in [1.29, 1.82) is 0 Å². The van der Waals surface area contributed by atoms with Gasteiger partial charge in [0.15, 0.2) is 0 Å². The molecule has 0 bridgehead atoms. The molecule has 3 rings (SSSR count). The molecule has 18 heavy (non-hydrogen) atoms. The smallest absolute Gasteiger partial charge is 0.230 e. The molecular weight excluding hydrogens is 246 g/mol. The van der Waals surface area contributed by atoms with Gasteiger partial charge in [0, 0.05) is 22.9 Å². The van der Waals surface area contributed by atoms with Crippen LogP contribution in [0.15, 0.2) is 15.3 Å². The highest BCUT2D eigenvalue weighted by Crippen LogP contribution is 2.33. The zero-order valence-electron chi connectivity index (χ0n) is 10.4. The second kappa shape index (κ2) is 4.82. The van der Waals surface area contributed by atoms with E-state index in [0.29, 0.717) is 12.0 Å². The fraction of sp³-hybridized carbons (Fsp3) is 0.538. The van der Waals surface area contributed by atoms with Gasteiger partial charge in [-0.3, -0.25) is 0 Å². The van der Waals surface area contributed by atoms with Gasteiger partial charge in [0.25, 0.3) is 0 Å². The highest BCUT2D eigenvalue weighted by molar-refractivity contribution is 7.08. The van der Waals surface area contributed by atoms with Crippen molar-refractivity contribution in [3.8, 4) is 11.4 Å². The predicted octanol–water partition coefficient (Wildman–Crippen LogP) is 3.09. The van der Waals surface area contributed by atoms with Gasteiger partial charge in [0.05, 0.1) is 0 Å². The van der Waals surface area contributed by atoms with Gasteiger partial charge in [-0.25, -0.2) is 0 Å². The van der Waals surface area contributed by atoms with Crippen LogP contribution in [0.5, 0.6) is 0 Å². The third kappa shape index (κ3) is 2.20. The number of hydrogen-bond acceptors (Lipinski definition) is 5. The molecule has 0 atom stereocenters. The molecule has 1 aliphatic rings. The second-order valence-electron chi connectivity index (χ2n) is 5.04. The molecule has 1 saturated carbocycles. The summed E-state index contributed by atoms with van der Waals surface area (Å²) < 4.78 is 5.42. The minimum Gasteiger partial charge on any atom is -0.339 e. The van der Waals surface area contributed by atoms with Crippen LogP contribution in [-0.4, -0.2) is 16.2 Å². The maximum absolute atomic E-state index is 5.91. The van der Waals surface area contributed by atoms with Crippen LogP contribution in [0.4, 0.5) is 0 Å². The maximum atomic E-state index is 5.91. The number of nitrogens with zero attached hydrogens (tertiary/aromatic N) is 2. The zero-order valence-corrected chi connectivity index (χ0v) is 11.2. The average molecular weight is 263 g/mol. The Kier molecular flexibility index (Phi) is 3.18. The van der Waals surface area contributed by atoms with E-state index in [2.05, 4.69) is 27.8 Å². The molecule has 0 aromatic carbocycles. The molecule has 0 amide bonds. The minimum absolute atomic E-state index is 0.350. The Labute approximate surface area is 110 Å². The van der Waals surface area contributed by atoms with E-state index in [9.17, 15) is 0 Å². The van der Waals surface area contributed by atoms with Gasteiger partial charge in [-0.05, 0) is 43.6 Å². The molecule has 4 nitrogen and oxygen atoms in total. The lowest BCUT2D eigenvalue weighted by Gasteiger charge is -2.22. The topological polar surface area (TPSA) is 64.9 Å². The summed E-state index contributed by atoms with van der Waals surface area (Å²) in [5.74, 6) is 1.89. The average Bonchev–Trinajstić information content (AvgIpc) is 2.98. The third-order valence-corrected chi connectivity index (χ3v) is 4.52. The van der Waals surface area contributed by atoms with E-state index >= 15 is 0 Å². The Bertz CT molecular complexity index is 526. The van der Waals surface area contributed by atoms with Crippen LogP contribution >= 0.6 is 11.3 Å². The van der Waals surface area contributed by atoms with E-state index in [1.165, 1.54) is 5.56 Å². The number of aryl methyl sites for hydroxylation is 1. The first-order chi connectivity index (χ1) is 8.74. The van der Waals surface area contributed by atoms with E-state index < -0.39 is 0 Å². The van der Waals surface area contributed by atoms with Crippen LogP contribution < -0.4 is 5.73 Å². The largest absolute Gasteiger partial charge is 0.339 e. The van der Waals surface area contributed by atoms with Crippen molar-refractivity contribution in [1.82, 2.24) is 10.1 Å². The van der Waals surface area contributed by atoms with Gasteiger partial charge < -0.3 is 10.3 Å². The zero-order chi connectivity index (χ0) is 12.5. The Balaban J connectivity index is 1.80. The molecule has 2 heterocycles. The lowest BCUT2D eigenvalue weighted by Crippen LogP contribution is -2.25. The Morgan fingerprint density at radius 1 is 1.28 bits per heavy atom. The SMILES string of the molecule is Cc1cscc1-c1noc(C2CCC(N)CC2)n1. The molecule has 0 spiro atoms. The van der Waals surface area contributed by atoms with E-state index in [0.717, 1.165) is 43.0 Å². The van der Waals surface area contributed by atoms with Crippen molar-refractivity contribution >= 4 is 11.3 Å². The first kappa shape index (κ1) is 11.9. The van der Waals surface area contributed by atoms with E-state index in [1.807, 2.05) is 0 Å². The standard InChI is InChI=1S/C13H17N3OS/c1-8-6-18-7-11(8)12-15-13(17-16-12)9-2-4-10(14)5-3-9/h6-7,9-10H,2-5,14H2,1H3. The van der Waals surface area contributed by atoms with Crippen LogP contribution in [-0.2, 0) is 0 Å². The summed E-state index contributed by atoms with van der Waals surface area (Å²) in [7, 11) is 0. The fourth-order valence-electron chi connectivity index (χ4n) is 2.47. The van der Waals surface area contributed by atoms with Crippen molar-refractivity contribution in [2.24, 2.45) is 5.73 Å². The number of nitrogens with two attached hydrogens (primary N) is 1. The first-order valence-corrected chi connectivity index (χ1v) is 7.30. The normalized spacial score (nSPS) is 24.3. The molecule has 0 aliphatic heterocycles. The van der Waals surface area contributed by atoms with E-state index in [1.54, 1.807) is 11.3 Å². The second-order valence-corrected chi connectivity index (χ2v) is 5.78. The van der Waals surface area contributed by atoms with Crippen LogP contribution in [0, 0.1) is 6.92 Å². The summed E-state index contributed by atoms with van der Waals surface area (Å²) in [6, 6.07) is 0.350. The molecule has 1 fully saturated rings. The highest BCUT2D eigenvalue weighted by Gasteiger charge is 2.25. The van der Waals surface area contributed by atoms with Gasteiger partial charge in [0.1, 0.15) is 0 Å². The molecule has 2 aromatic rings. The maximum Gasteiger partial charge on any atom is 0.230 e. The van der Waals surface area contributed by atoms with Gasteiger partial charge in [0.2, 0.25) is 11.7 Å². The monoisotopic (exact) mass is 263 g/mol. The Morgan fingerprint density at radius 2 is 2.06 bits per heavy atom. The Hall–Kier alpha value is -1.20. The van der Waals surface area contributed by atoms with Gasteiger partial charge in [-0.1, -0.05) is 5.16 Å². The van der Waals surface area contributed by atoms with Crippen LogP contribution in [0.25, 0.3) is 11.4 Å². The first-order valence-electron chi connectivity index (χ1n) is 6.36. The summed E-state index contributed by atoms with van der Waals surface area (Å²) >= 11 is 1.67. The van der Waals surface area contributed by atoms with Gasteiger partial charge in [-0.2, -0.15) is 16.3 Å². The van der Waals surface area contributed by atoms with Crippen LogP contribution in [0.3, 0.4) is 0 Å². The highest BCUT2D eigenvalue weighted by atomic mass is 32.1. The third-order valence-electron chi connectivity index (χ3n) is 3.66. The van der Waals surface area contributed by atoms with Crippen LogP contribution in [0.2, 0.25) is 0 Å². The molecule has 0 unspecified atom stereocenters. The van der Waals surface area contributed by atoms with E-state index in [-0.39, 0.29) is 0 Å². The van der Waals surface area contributed by atoms with Gasteiger partial charge >= 0.3 is 0 Å². The lowest BCUT2D eigenvalue weighted by atomic mass is 9.86. The molecule has 0 saturated heterocycles. The molecule has 1 aliphatic carbocycles. The van der Waals surface area contributed by atoms with Crippen molar-refractivity contribution in [2.45, 2.75) is 44.6 Å². The molecule has 5 heteroatoms. The van der Waals surface area contributed by atoms with Crippen LogP contribution in [0.1, 0.15) is 43.1 Å². The summed E-state index contributed by atoms with van der Waals surface area (Å²) in [4.78, 5) is 4.55. The summed E-state index contributed by atoms with van der Waals surface area (Å²) in [6.07, 6.45) is 4.23. The molecule has 2 N–H and O–H groups in total. The van der Waals surface area contributed by atoms with Crippen molar-refractivity contribution < 1.29 is 4.52 Å². The van der Waals surface area contributed by atoms with Crippen molar-refractivity contribution in [3.05, 3.63) is 22.2 Å². The molecule has 96 valence electrons. The molecular formula is C13H17N3OS. The molecule has 0 radical (unpaired) electrons. The number of rotatable bonds is 2. The Morgan fingerprint density at radius 3 is 2.72 bits per heavy atom. The summed E-state index contributed by atoms with van der Waals surface area (Å²) in [6.45, 7) is 2.07. The molecule has 2 aromatic heterocycles. The van der Waals surface area contributed by atoms with Crippen molar-refractivity contribution in [2.75, 3.05) is 0 Å². The van der Waals surface area contributed by atoms with E-state index in [4.69, 9.17) is 10.3 Å². The summed E-state index contributed by atoms with van der Waals surface area (Å²) in [5.41, 5.74) is 8.20. The lowest BCUT2D eigenvalue weighted by molar-refractivity contribution is 0.301. The van der Waals surface area contributed by atoms with Gasteiger partial charge in [-0.15, -0.1) is 0 Å². The number of hydrogen-bond donors (Lipinski definition) is 1. The van der Waals surface area contributed by atoms with Crippen molar-refractivity contribution in [3.63, 3.8) is 0 Å². The predicted molar refractivity (Wildman–Crippen MR) is 71.5 cm³/mol. The number of thiophene rings is 1. The number of aromatic nitrogens is 2. The quantitative estimate of drug-likeness (QED) is 0.904. The summed E-state index contributed by atoms with van der Waals surface area (Å²) in [5, 5.41) is 8.28.